The van der Waals surface area contributed by atoms with Gasteiger partial charge in [-0.1, -0.05) is 0 Å². The Morgan fingerprint density at radius 1 is 1.15 bits per heavy atom. The Balaban J connectivity index is 2.07. The van der Waals surface area contributed by atoms with Gasteiger partial charge in [0.2, 0.25) is 0 Å². The van der Waals surface area contributed by atoms with Crippen molar-refractivity contribution in [2.24, 2.45) is 5.41 Å². The predicted molar refractivity (Wildman–Crippen MR) is 112 cm³/mol. The Morgan fingerprint density at radius 2 is 1.78 bits per heavy atom. The first-order valence-corrected chi connectivity index (χ1v) is 13.9. The standard InChI is InChI=1S/C12H22BO2.C5H4Cl.C5H5.Zr/c1-10(2,3)8-9-13-14-11(4,5)12(6,7)15-13;6-5-3-1-2-4-5;1-2-4-5-3-1;/h8H,1-7H3;1-3,5H;1-3H,4H2;. The summed E-state index contributed by atoms with van der Waals surface area (Å²) in [6.07, 6.45) is 16.6. The maximum absolute atomic E-state index is 6.72. The first kappa shape index (κ1) is 21.6. The Bertz CT molecular complexity index is 737. The van der Waals surface area contributed by atoms with Crippen LogP contribution in [-0.4, -0.2) is 23.7 Å². The fraction of sp³-hybridized carbons (Fsp3) is 0.545. The van der Waals surface area contributed by atoms with Gasteiger partial charge >= 0.3 is 179 Å². The van der Waals surface area contributed by atoms with Crippen molar-refractivity contribution in [3.63, 3.8) is 0 Å². The molecular weight excluding hydrogens is 434 g/mol. The van der Waals surface area contributed by atoms with Gasteiger partial charge in [0.05, 0.1) is 0 Å². The van der Waals surface area contributed by atoms with Crippen molar-refractivity contribution in [1.82, 2.24) is 0 Å². The summed E-state index contributed by atoms with van der Waals surface area (Å²) in [6, 6.07) is 0. The van der Waals surface area contributed by atoms with Gasteiger partial charge in [-0.2, -0.15) is 0 Å². The van der Waals surface area contributed by atoms with Gasteiger partial charge in [0, 0.05) is 0 Å². The molecule has 0 bridgehead atoms. The molecule has 0 saturated carbocycles. The van der Waals surface area contributed by atoms with Crippen molar-refractivity contribution in [2.45, 2.75) is 71.5 Å². The molecular formula is C22H31BClO2Zr. The Kier molecular flexibility index (Phi) is 6.07. The first-order valence-electron chi connectivity index (χ1n) is 9.76. The van der Waals surface area contributed by atoms with Crippen molar-refractivity contribution in [3.8, 4) is 0 Å². The second kappa shape index (κ2) is 7.60. The summed E-state index contributed by atoms with van der Waals surface area (Å²) in [5.41, 5.74) is -0.631. The molecule has 27 heavy (non-hydrogen) atoms. The van der Waals surface area contributed by atoms with Crippen LogP contribution in [0.1, 0.15) is 54.9 Å². The molecule has 1 unspecified atom stereocenters. The Morgan fingerprint density at radius 3 is 2.22 bits per heavy atom. The van der Waals surface area contributed by atoms with Gasteiger partial charge in [0.1, 0.15) is 0 Å². The summed E-state index contributed by atoms with van der Waals surface area (Å²) in [7, 11) is -0.296. The van der Waals surface area contributed by atoms with Crippen LogP contribution in [0.25, 0.3) is 0 Å². The van der Waals surface area contributed by atoms with E-state index in [0.29, 0.717) is 0 Å². The number of hydrogen-bond acceptors (Lipinski definition) is 2. The van der Waals surface area contributed by atoms with Crippen LogP contribution in [0.2, 0.25) is 0 Å². The number of allylic oxidation sites excluding steroid dienone is 9. The summed E-state index contributed by atoms with van der Waals surface area (Å²) >= 11 is 4.27. The summed E-state index contributed by atoms with van der Waals surface area (Å²) < 4.78 is 17.4. The molecule has 3 aliphatic rings. The molecule has 0 radical (unpaired) electrons. The van der Waals surface area contributed by atoms with Gasteiger partial charge in [-0.3, -0.25) is 0 Å². The average Bonchev–Trinajstić information content (AvgIpc) is 3.20. The summed E-state index contributed by atoms with van der Waals surface area (Å²) in [5, 5.41) is -0.00769. The molecule has 2 aliphatic carbocycles. The summed E-state index contributed by atoms with van der Waals surface area (Å²) in [6.45, 7) is 15.3. The number of halogens is 1. The van der Waals surface area contributed by atoms with Crippen LogP contribution in [0.3, 0.4) is 0 Å². The molecule has 1 atom stereocenters. The Hall–Kier alpha value is -0.142. The number of alkyl halides is 1. The van der Waals surface area contributed by atoms with E-state index in [1.807, 2.05) is 0 Å². The molecule has 5 heteroatoms. The summed E-state index contributed by atoms with van der Waals surface area (Å²) in [5.74, 6) is 0. The van der Waals surface area contributed by atoms with Gasteiger partial charge in [0.25, 0.3) is 0 Å². The number of hydrogen-bond donors (Lipinski definition) is 0. The van der Waals surface area contributed by atoms with Crippen LogP contribution in [-0.2, 0) is 31.1 Å². The number of rotatable bonds is 4. The van der Waals surface area contributed by atoms with E-state index in [2.05, 4.69) is 91.0 Å². The fourth-order valence-electron chi connectivity index (χ4n) is 3.54. The quantitative estimate of drug-likeness (QED) is 0.371. The Labute approximate surface area is 178 Å². The van der Waals surface area contributed by atoms with Gasteiger partial charge < -0.3 is 0 Å². The molecule has 2 nitrogen and oxygen atoms in total. The van der Waals surface area contributed by atoms with Crippen molar-refractivity contribution in [3.05, 3.63) is 52.3 Å². The van der Waals surface area contributed by atoms with E-state index in [4.69, 9.17) is 20.9 Å². The molecule has 1 aliphatic heterocycles. The van der Waals surface area contributed by atoms with Crippen LogP contribution in [0.4, 0.5) is 0 Å². The SMILES string of the molecule is CC(C)(C)C=[C](B1OC(C)(C)C(C)(C)O1)[Zr]([C]1=CC=CC1)[C]1=CC=CC1Cl. The van der Waals surface area contributed by atoms with E-state index in [0.717, 1.165) is 6.42 Å². The molecule has 1 saturated heterocycles. The maximum atomic E-state index is 6.72. The van der Waals surface area contributed by atoms with Crippen LogP contribution >= 0.6 is 11.6 Å². The zero-order valence-electron chi connectivity index (χ0n) is 17.6. The van der Waals surface area contributed by atoms with Crippen LogP contribution in [0, 0.1) is 5.41 Å². The third kappa shape index (κ3) is 4.55. The molecule has 1 heterocycles. The van der Waals surface area contributed by atoms with E-state index >= 15 is 0 Å². The third-order valence-electron chi connectivity index (χ3n) is 5.62. The minimum absolute atomic E-state index is 0.00769. The van der Waals surface area contributed by atoms with Crippen molar-refractivity contribution in [2.75, 3.05) is 0 Å². The fourth-order valence-corrected chi connectivity index (χ4v) is 12.3. The molecule has 145 valence electrons. The van der Waals surface area contributed by atoms with Crippen LogP contribution in [0.5, 0.6) is 0 Å². The van der Waals surface area contributed by atoms with E-state index in [9.17, 15) is 0 Å². The van der Waals surface area contributed by atoms with E-state index in [1.165, 1.54) is 6.46 Å². The van der Waals surface area contributed by atoms with E-state index in [1.54, 1.807) is 3.28 Å². The molecule has 0 spiro atoms. The van der Waals surface area contributed by atoms with Crippen molar-refractivity contribution >= 4 is 18.7 Å². The van der Waals surface area contributed by atoms with E-state index in [-0.39, 0.29) is 29.1 Å². The molecule has 0 aromatic rings. The second-order valence-corrected chi connectivity index (χ2v) is 16.4. The van der Waals surface area contributed by atoms with Crippen molar-refractivity contribution in [1.29, 1.82) is 0 Å². The molecule has 3 rings (SSSR count). The predicted octanol–water partition coefficient (Wildman–Crippen LogP) is 6.07. The first-order chi connectivity index (χ1) is 12.4. The zero-order valence-corrected chi connectivity index (χ0v) is 20.8. The van der Waals surface area contributed by atoms with Crippen LogP contribution in [0.15, 0.2) is 52.3 Å². The third-order valence-corrected chi connectivity index (χ3v) is 13.9. The van der Waals surface area contributed by atoms with Crippen molar-refractivity contribution < 1.29 is 31.1 Å². The molecule has 1 fully saturated rings. The average molecular weight is 465 g/mol. The van der Waals surface area contributed by atoms with Gasteiger partial charge in [-0.25, -0.2) is 0 Å². The summed E-state index contributed by atoms with van der Waals surface area (Å²) in [4.78, 5) is 0. The molecule has 0 aromatic heterocycles. The molecule has 0 N–H and O–H groups in total. The monoisotopic (exact) mass is 463 g/mol. The molecule has 0 aromatic carbocycles. The topological polar surface area (TPSA) is 18.5 Å². The van der Waals surface area contributed by atoms with Gasteiger partial charge in [-0.05, 0) is 0 Å². The van der Waals surface area contributed by atoms with Gasteiger partial charge in [-0.15, -0.1) is 0 Å². The van der Waals surface area contributed by atoms with Crippen LogP contribution < -0.4 is 0 Å². The molecule has 0 amide bonds. The zero-order chi connectivity index (χ0) is 20.0. The minimum atomic E-state index is -2.45. The van der Waals surface area contributed by atoms with E-state index < -0.39 is 21.8 Å². The second-order valence-electron chi connectivity index (χ2n) is 9.66. The normalized spacial score (nSPS) is 26.6. The van der Waals surface area contributed by atoms with Gasteiger partial charge in [0.15, 0.2) is 0 Å².